The van der Waals surface area contributed by atoms with Crippen molar-refractivity contribution in [3.05, 3.63) is 47.4 Å². The molecule has 3 N–H and O–H groups in total. The minimum Gasteiger partial charge on any atom is -0.464 e. The molecule has 7 nitrogen and oxygen atoms in total. The Morgan fingerprint density at radius 3 is 2.55 bits per heavy atom. The van der Waals surface area contributed by atoms with Gasteiger partial charge in [-0.15, -0.1) is 0 Å². The summed E-state index contributed by atoms with van der Waals surface area (Å²) < 4.78 is 58.4. The van der Waals surface area contributed by atoms with Gasteiger partial charge in [0.15, 0.2) is 5.69 Å². The second kappa shape index (κ2) is 9.74. The molecule has 0 radical (unpaired) electrons. The Labute approximate surface area is 188 Å². The van der Waals surface area contributed by atoms with E-state index in [2.05, 4.69) is 15.6 Å². The van der Waals surface area contributed by atoms with Crippen LogP contribution in [0.3, 0.4) is 0 Å². The molecule has 0 amide bonds. The van der Waals surface area contributed by atoms with E-state index in [0.29, 0.717) is 5.69 Å². The van der Waals surface area contributed by atoms with E-state index in [0.717, 1.165) is 0 Å². The molecular weight excluding hydrogens is 442 g/mol. The first-order chi connectivity index (χ1) is 15.5. The van der Waals surface area contributed by atoms with E-state index < -0.39 is 30.5 Å². The Balaban J connectivity index is 2.17. The van der Waals surface area contributed by atoms with Gasteiger partial charge in [0.25, 0.3) is 0 Å². The number of pyridine rings is 1. The van der Waals surface area contributed by atoms with Crippen LogP contribution in [0.1, 0.15) is 29.9 Å². The van der Waals surface area contributed by atoms with Crippen LogP contribution in [0.15, 0.2) is 30.3 Å². The molecule has 33 heavy (non-hydrogen) atoms. The van der Waals surface area contributed by atoms with Gasteiger partial charge in [-0.25, -0.2) is 14.2 Å². The molecule has 1 saturated heterocycles. The molecular formula is C22H25F4N5O2. The molecule has 0 aliphatic carbocycles. The molecule has 1 aliphatic rings. The second-order valence-electron chi connectivity index (χ2n) is 7.94. The van der Waals surface area contributed by atoms with Crippen LogP contribution in [-0.4, -0.2) is 55.6 Å². The van der Waals surface area contributed by atoms with E-state index in [9.17, 15) is 22.4 Å². The van der Waals surface area contributed by atoms with Crippen LogP contribution in [0.25, 0.3) is 0 Å². The molecule has 0 saturated carbocycles. The van der Waals surface area contributed by atoms with E-state index in [1.165, 1.54) is 42.3 Å². The number of anilines is 3. The summed E-state index contributed by atoms with van der Waals surface area (Å²) in [7, 11) is 1.17. The van der Waals surface area contributed by atoms with E-state index >= 15 is 0 Å². The van der Waals surface area contributed by atoms with Crippen molar-refractivity contribution in [3.8, 4) is 0 Å². The molecule has 1 aromatic carbocycles. The van der Waals surface area contributed by atoms with Crippen LogP contribution in [-0.2, 0) is 4.74 Å². The zero-order valence-corrected chi connectivity index (χ0v) is 18.4. The van der Waals surface area contributed by atoms with Crippen molar-refractivity contribution in [2.75, 3.05) is 37.0 Å². The normalized spacial score (nSPS) is 16.6. The number of benzene rings is 1. The number of rotatable bonds is 6. The first-order valence-corrected chi connectivity index (χ1v) is 10.3. The molecule has 0 spiro atoms. The second-order valence-corrected chi connectivity index (χ2v) is 7.94. The van der Waals surface area contributed by atoms with Gasteiger partial charge in [0.1, 0.15) is 17.7 Å². The maximum atomic E-state index is 13.4. The minimum absolute atomic E-state index is 0.0647. The molecule has 2 aromatic rings. The number of halogens is 4. The highest BCUT2D eigenvalue weighted by Gasteiger charge is 2.42. The molecule has 1 fully saturated rings. The summed E-state index contributed by atoms with van der Waals surface area (Å²) in [5.74, 6) is -1.42. The number of esters is 1. The van der Waals surface area contributed by atoms with Gasteiger partial charge in [-0.3, -0.25) is 0 Å². The van der Waals surface area contributed by atoms with Crippen LogP contribution in [0.5, 0.6) is 0 Å². The lowest BCUT2D eigenvalue weighted by Gasteiger charge is -2.37. The fourth-order valence-electron chi connectivity index (χ4n) is 3.49. The highest BCUT2D eigenvalue weighted by Crippen LogP contribution is 2.34. The van der Waals surface area contributed by atoms with Crippen molar-refractivity contribution in [2.45, 2.75) is 26.1 Å². The SMILES string of the molecule is COC(=O)c1cc(N2CCNC(C(F)(F)F)C2)c(C(=N)C(C)C)c(Nc2ccc(F)cc2)n1. The highest BCUT2D eigenvalue weighted by molar-refractivity contribution is 6.09. The maximum Gasteiger partial charge on any atom is 0.405 e. The highest BCUT2D eigenvalue weighted by atomic mass is 19.4. The Morgan fingerprint density at radius 2 is 1.97 bits per heavy atom. The Bertz CT molecular complexity index is 1020. The Kier molecular flexibility index (Phi) is 7.21. The van der Waals surface area contributed by atoms with Gasteiger partial charge in [-0.1, -0.05) is 13.8 Å². The zero-order chi connectivity index (χ0) is 24.3. The number of hydrogen-bond acceptors (Lipinski definition) is 7. The number of piperazine rings is 1. The van der Waals surface area contributed by atoms with Crippen molar-refractivity contribution < 1.29 is 27.1 Å². The fraction of sp³-hybridized carbons (Fsp3) is 0.409. The topological polar surface area (TPSA) is 90.3 Å². The van der Waals surface area contributed by atoms with Gasteiger partial charge in [0, 0.05) is 31.0 Å². The number of aromatic nitrogens is 1. The summed E-state index contributed by atoms with van der Waals surface area (Å²) in [4.78, 5) is 18.1. The van der Waals surface area contributed by atoms with Crippen LogP contribution in [0.4, 0.5) is 34.8 Å². The molecule has 1 aromatic heterocycles. The van der Waals surface area contributed by atoms with Gasteiger partial charge in [0.05, 0.1) is 18.4 Å². The predicted molar refractivity (Wildman–Crippen MR) is 117 cm³/mol. The maximum absolute atomic E-state index is 13.4. The summed E-state index contributed by atoms with van der Waals surface area (Å²) in [6.45, 7) is 3.44. The summed E-state index contributed by atoms with van der Waals surface area (Å²) in [6.07, 6.45) is -4.46. The van der Waals surface area contributed by atoms with Crippen LogP contribution in [0, 0.1) is 17.1 Å². The summed E-state index contributed by atoms with van der Waals surface area (Å²) in [5.41, 5.74) is 0.970. The van der Waals surface area contributed by atoms with Crippen LogP contribution in [0.2, 0.25) is 0 Å². The van der Waals surface area contributed by atoms with Gasteiger partial charge < -0.3 is 25.7 Å². The smallest absolute Gasteiger partial charge is 0.405 e. The summed E-state index contributed by atoms with van der Waals surface area (Å²) in [5, 5.41) is 14.1. The van der Waals surface area contributed by atoms with Crippen molar-refractivity contribution in [2.24, 2.45) is 5.92 Å². The lowest BCUT2D eigenvalue weighted by Crippen LogP contribution is -2.57. The zero-order valence-electron chi connectivity index (χ0n) is 18.4. The standard InChI is InChI=1S/C22H25F4N5O2/c1-12(2)19(27)18-16(31-9-8-28-17(11-31)22(24,25)26)10-15(21(32)33-3)30-20(18)29-14-6-4-13(23)5-7-14/h4-7,10,12,17,27-28H,8-9,11H2,1-3H3,(H,29,30). The predicted octanol–water partition coefficient (Wildman–Crippen LogP) is 4.12. The number of methoxy groups -OCH3 is 1. The van der Waals surface area contributed by atoms with Gasteiger partial charge >= 0.3 is 12.1 Å². The van der Waals surface area contributed by atoms with Crippen molar-refractivity contribution >= 4 is 28.9 Å². The molecule has 3 rings (SSSR count). The average Bonchev–Trinajstić information content (AvgIpc) is 2.78. The number of nitrogens with one attached hydrogen (secondary N) is 3. The summed E-state index contributed by atoms with van der Waals surface area (Å²) in [6, 6.07) is 4.95. The first kappa shape index (κ1) is 24.4. The molecule has 1 aliphatic heterocycles. The van der Waals surface area contributed by atoms with Gasteiger partial charge in [-0.05, 0) is 36.2 Å². The third-order valence-corrected chi connectivity index (χ3v) is 5.26. The molecule has 1 unspecified atom stereocenters. The number of ether oxygens (including phenoxy) is 1. The molecule has 1 atom stereocenters. The lowest BCUT2D eigenvalue weighted by atomic mass is 9.97. The molecule has 2 heterocycles. The number of alkyl halides is 3. The van der Waals surface area contributed by atoms with Crippen LogP contribution >= 0.6 is 0 Å². The third-order valence-electron chi connectivity index (χ3n) is 5.26. The quantitative estimate of drug-likeness (QED) is 0.337. The van der Waals surface area contributed by atoms with Crippen molar-refractivity contribution in [1.82, 2.24) is 10.3 Å². The minimum atomic E-state index is -4.46. The van der Waals surface area contributed by atoms with E-state index in [1.807, 2.05) is 0 Å². The van der Waals surface area contributed by atoms with Crippen LogP contribution < -0.4 is 15.5 Å². The lowest BCUT2D eigenvalue weighted by molar-refractivity contribution is -0.155. The Morgan fingerprint density at radius 1 is 1.30 bits per heavy atom. The third kappa shape index (κ3) is 5.59. The molecule has 11 heteroatoms. The average molecular weight is 467 g/mol. The van der Waals surface area contributed by atoms with E-state index in [-0.39, 0.29) is 47.5 Å². The van der Waals surface area contributed by atoms with Gasteiger partial charge in [-0.2, -0.15) is 13.2 Å². The van der Waals surface area contributed by atoms with Gasteiger partial charge in [0.2, 0.25) is 0 Å². The molecule has 0 bridgehead atoms. The molecule has 178 valence electrons. The number of hydrogen-bond donors (Lipinski definition) is 3. The number of carbonyl (C=O) groups excluding carboxylic acids is 1. The first-order valence-electron chi connectivity index (χ1n) is 10.3. The van der Waals surface area contributed by atoms with Crippen molar-refractivity contribution in [1.29, 1.82) is 5.41 Å². The largest absolute Gasteiger partial charge is 0.464 e. The van der Waals surface area contributed by atoms with E-state index in [4.69, 9.17) is 10.1 Å². The van der Waals surface area contributed by atoms with E-state index in [1.54, 1.807) is 13.8 Å². The Hall–Kier alpha value is -3.21. The van der Waals surface area contributed by atoms with Crippen molar-refractivity contribution in [3.63, 3.8) is 0 Å². The summed E-state index contributed by atoms with van der Waals surface area (Å²) >= 11 is 0. The number of nitrogens with zero attached hydrogens (tertiary/aromatic N) is 2. The monoisotopic (exact) mass is 467 g/mol. The number of carbonyl (C=O) groups is 1. The fourth-order valence-corrected chi connectivity index (χ4v) is 3.49.